The van der Waals surface area contributed by atoms with Gasteiger partial charge in [0.25, 0.3) is 0 Å². The van der Waals surface area contributed by atoms with Gasteiger partial charge >= 0.3 is 5.97 Å². The van der Waals surface area contributed by atoms with Gasteiger partial charge in [-0.2, -0.15) is 0 Å². The Morgan fingerprint density at radius 2 is 1.18 bits per heavy atom. The largest absolute Gasteiger partial charge is 0.508 e. The molecule has 6 rings (SSSR count). The van der Waals surface area contributed by atoms with Crippen LogP contribution in [0, 0.1) is 5.92 Å². The first kappa shape index (κ1) is 75.5. The highest BCUT2D eigenvalue weighted by Crippen LogP contribution is 2.27. The number of hydrogen-bond acceptors (Lipinski definition) is 19. The molecule has 3 fully saturated rings. The third kappa shape index (κ3) is 23.1. The van der Waals surface area contributed by atoms with Crippen molar-refractivity contribution >= 4 is 92.5 Å². The Bertz CT molecular complexity index is 3170. The molecule has 3 heterocycles. The van der Waals surface area contributed by atoms with Crippen LogP contribution in [0.5, 0.6) is 11.5 Å². The van der Waals surface area contributed by atoms with Crippen molar-refractivity contribution in [1.29, 1.82) is 0 Å². The second-order valence-corrected chi connectivity index (χ2v) is 26.9. The van der Waals surface area contributed by atoms with E-state index in [2.05, 4.69) is 47.9 Å². The second-order valence-electron chi connectivity index (χ2n) is 24.3. The number of benzene rings is 3. The quantitative estimate of drug-likeness (QED) is 0.0451. The number of carbonyl (C=O) groups excluding carboxylic acids is 11. The van der Waals surface area contributed by atoms with Crippen LogP contribution in [-0.2, 0) is 76.8 Å². The first-order chi connectivity index (χ1) is 45.2. The van der Waals surface area contributed by atoms with E-state index in [1.807, 2.05) is 44.2 Å². The molecule has 17 N–H and O–H groups in total. The minimum Gasteiger partial charge on any atom is -0.508 e. The molecule has 11 amide bonds. The Hall–Kier alpha value is -8.52. The molecule has 12 atom stereocenters. The van der Waals surface area contributed by atoms with Crippen LogP contribution in [0.4, 0.5) is 0 Å². The number of phenolic OH excluding ortho intramolecular Hbond substituents is 2. The number of aliphatic hydroxyl groups is 1. The summed E-state index contributed by atoms with van der Waals surface area (Å²) in [6, 6.07) is 5.35. The highest BCUT2D eigenvalue weighted by Gasteiger charge is 2.43. The van der Waals surface area contributed by atoms with E-state index in [0.717, 1.165) is 27.2 Å². The number of nitrogens with two attached hydrogens (primary N) is 2. The Balaban J connectivity index is 1.28. The number of aliphatic carboxylic acids is 1. The van der Waals surface area contributed by atoms with Crippen LogP contribution in [0.1, 0.15) is 95.8 Å². The van der Waals surface area contributed by atoms with Gasteiger partial charge in [-0.15, -0.1) is 0 Å². The first-order valence-corrected chi connectivity index (χ1v) is 34.2. The maximum atomic E-state index is 14.7. The Morgan fingerprint density at radius 1 is 0.632 bits per heavy atom. The first-order valence-electron chi connectivity index (χ1n) is 31.7. The highest BCUT2D eigenvalue weighted by atomic mass is 33.1. The molecule has 0 radical (unpaired) electrons. The number of carboxylic acids is 1. The zero-order valence-corrected chi connectivity index (χ0v) is 55.2. The summed E-state index contributed by atoms with van der Waals surface area (Å²) in [4.78, 5) is 172. The monoisotopic (exact) mass is 1360 g/mol. The third-order valence-corrected chi connectivity index (χ3v) is 18.7. The topological polar surface area (TPSA) is 453 Å². The smallest absolute Gasteiger partial charge is 0.327 e. The van der Waals surface area contributed by atoms with E-state index in [1.165, 1.54) is 72.2 Å². The lowest BCUT2D eigenvalue weighted by molar-refractivity contribution is -0.144. The molecule has 29 nitrogen and oxygen atoms in total. The predicted octanol–water partition coefficient (Wildman–Crippen LogP) is -1.52. The number of hydrogen-bond donors (Lipinski definition) is 15. The molecule has 3 aliphatic heterocycles. The SMILES string of the molecule is CC(C)C[C@H](NC(=O)[C@@H]1CCCN1C(=O)[C@@H](N)Cc1ccccc1)C(=O)N1CCC[C@H]1C(=O)NC1CSSC[C@@H](C(=O)O)NC(=O)C(Cc2ccc(O)cc2)NC(=O)[C@H]([C@@H](C)O)NC(=O)CNC(=O)C(CCCCN)NC(=O)[C@H](Cc2ccc(O)cc2)NC(=O)[C@H](C)NC1=O. The Kier molecular flexibility index (Phi) is 29.4. The number of rotatable bonds is 20. The number of nitrogens with zero attached hydrogens (tertiary/aromatic N) is 2. The standard InChI is InChI=1S/C64H89N13O16S2/c1-35(2)28-47(72-59(87)50-15-10-26-76(50)62(90)43(66)29-38-12-6-5-7-13-38)63(91)77-27-11-16-51(77)60(88)73-48-33-94-95-34-49(64(92)93)74-57(85)46(31-40-19-23-42(80)24-20-40)71-61(89)53(37(4)78)75-52(81)32-67-55(83)44(14-8-9-25-65)69-56(84)45(30-39-17-21-41(79)22-18-39)70-54(82)36(3)68-58(48)86/h5-7,12-13,17-24,35-37,43-51,53,78-80H,8-11,14-16,25-34,65-66H2,1-4H3,(H,67,83)(H,68,86)(H,69,84)(H,70,82)(H,71,89)(H,72,87)(H,73,88)(H,74,85)(H,75,81)(H,92,93)/t36-,37+,43-,44?,45-,46?,47-,48?,49-,50-,51-,53-/m0/s1. The van der Waals surface area contributed by atoms with Crippen molar-refractivity contribution < 1.29 is 78.0 Å². The maximum absolute atomic E-state index is 14.7. The molecule has 0 aliphatic carbocycles. The van der Waals surface area contributed by atoms with Gasteiger partial charge in [0.05, 0.1) is 18.7 Å². The van der Waals surface area contributed by atoms with E-state index in [9.17, 15) is 78.0 Å². The van der Waals surface area contributed by atoms with E-state index in [1.54, 1.807) is 0 Å². The molecule has 3 aromatic rings. The molecule has 0 spiro atoms. The van der Waals surface area contributed by atoms with Crippen LogP contribution in [0.25, 0.3) is 0 Å². The third-order valence-electron chi connectivity index (χ3n) is 16.3. The summed E-state index contributed by atoms with van der Waals surface area (Å²) in [5.74, 6) is -11.7. The Labute approximate surface area is 558 Å². The van der Waals surface area contributed by atoms with E-state index in [4.69, 9.17) is 11.5 Å². The molecule has 31 heteroatoms. The summed E-state index contributed by atoms with van der Waals surface area (Å²) in [5, 5.41) is 64.3. The fourth-order valence-corrected chi connectivity index (χ4v) is 13.4. The molecule has 3 aliphatic rings. The van der Waals surface area contributed by atoms with Gasteiger partial charge in [-0.05, 0) is 125 Å². The van der Waals surface area contributed by atoms with E-state index < -0.39 is 156 Å². The number of likely N-dealkylation sites (tertiary alicyclic amines) is 2. The van der Waals surface area contributed by atoms with Crippen molar-refractivity contribution in [3.63, 3.8) is 0 Å². The fraction of sp³-hybridized carbons (Fsp3) is 0.531. The van der Waals surface area contributed by atoms with E-state index in [-0.39, 0.29) is 81.3 Å². The lowest BCUT2D eigenvalue weighted by Gasteiger charge is -2.32. The zero-order valence-electron chi connectivity index (χ0n) is 53.6. The number of carboxylic acid groups (broad SMARTS) is 1. The Morgan fingerprint density at radius 3 is 1.75 bits per heavy atom. The lowest BCUT2D eigenvalue weighted by Crippen LogP contribution is -2.60. The average Bonchev–Trinajstić information content (AvgIpc) is 1.76. The van der Waals surface area contributed by atoms with Crippen molar-refractivity contribution in [2.45, 2.75) is 171 Å². The summed E-state index contributed by atoms with van der Waals surface area (Å²) in [6.45, 7) is 5.95. The summed E-state index contributed by atoms with van der Waals surface area (Å²) in [5.41, 5.74) is 13.8. The number of aliphatic hydroxyl groups excluding tert-OH is 1. The number of amides is 11. The summed E-state index contributed by atoms with van der Waals surface area (Å²) in [7, 11) is 1.75. The number of phenols is 2. The molecule has 0 saturated carbocycles. The van der Waals surface area contributed by atoms with Gasteiger partial charge in [-0.1, -0.05) is 90.0 Å². The van der Waals surface area contributed by atoms with Gasteiger partial charge in [0, 0.05) is 37.4 Å². The minimum absolute atomic E-state index is 0.0193. The van der Waals surface area contributed by atoms with Gasteiger partial charge in [-0.25, -0.2) is 4.79 Å². The van der Waals surface area contributed by atoms with Gasteiger partial charge in [0.2, 0.25) is 65.0 Å². The fourth-order valence-electron chi connectivity index (χ4n) is 11.1. The van der Waals surface area contributed by atoms with E-state index >= 15 is 0 Å². The van der Waals surface area contributed by atoms with Crippen molar-refractivity contribution in [2.75, 3.05) is 37.7 Å². The molecule has 3 saturated heterocycles. The molecular weight excluding hydrogens is 1270 g/mol. The van der Waals surface area contributed by atoms with Crippen molar-refractivity contribution in [1.82, 2.24) is 57.7 Å². The van der Waals surface area contributed by atoms with Crippen LogP contribution < -0.4 is 59.3 Å². The van der Waals surface area contributed by atoms with Crippen LogP contribution in [0.3, 0.4) is 0 Å². The second kappa shape index (κ2) is 37.0. The summed E-state index contributed by atoms with van der Waals surface area (Å²) < 4.78 is 0. The molecule has 518 valence electrons. The van der Waals surface area contributed by atoms with Gasteiger partial charge in [-0.3, -0.25) is 52.7 Å². The molecule has 0 aromatic heterocycles. The summed E-state index contributed by atoms with van der Waals surface area (Å²) in [6.07, 6.45) is 0.247. The number of unbranched alkanes of at least 4 members (excludes halogenated alkanes) is 1. The molecule has 3 unspecified atom stereocenters. The molecule has 3 aromatic carbocycles. The normalized spacial score (nSPS) is 24.3. The maximum Gasteiger partial charge on any atom is 0.327 e. The number of aromatic hydroxyl groups is 2. The minimum atomic E-state index is -1.76. The van der Waals surface area contributed by atoms with Gasteiger partial charge in [0.1, 0.15) is 71.9 Å². The zero-order chi connectivity index (χ0) is 69.5. The van der Waals surface area contributed by atoms with Crippen LogP contribution >= 0.6 is 21.6 Å². The average molecular weight is 1360 g/mol. The van der Waals surface area contributed by atoms with Crippen LogP contribution in [-0.4, -0.2) is 211 Å². The molecule has 95 heavy (non-hydrogen) atoms. The predicted molar refractivity (Wildman–Crippen MR) is 352 cm³/mol. The lowest BCUT2D eigenvalue weighted by atomic mass is 10.0. The van der Waals surface area contributed by atoms with Crippen LogP contribution in [0.2, 0.25) is 0 Å². The number of carbonyl (C=O) groups is 12. The van der Waals surface area contributed by atoms with Gasteiger partial charge in [0.15, 0.2) is 0 Å². The van der Waals surface area contributed by atoms with E-state index in [0.29, 0.717) is 43.2 Å². The summed E-state index contributed by atoms with van der Waals surface area (Å²) >= 11 is 0. The number of nitrogens with one attached hydrogen (secondary N) is 9. The molecular formula is C64H89N13O16S2. The van der Waals surface area contributed by atoms with Gasteiger partial charge < -0.3 is 89.5 Å². The van der Waals surface area contributed by atoms with Crippen LogP contribution in [0.15, 0.2) is 78.9 Å². The highest BCUT2D eigenvalue weighted by molar-refractivity contribution is 8.76. The van der Waals surface area contributed by atoms with Crippen molar-refractivity contribution in [3.8, 4) is 11.5 Å². The molecule has 0 bridgehead atoms. The van der Waals surface area contributed by atoms with Crippen molar-refractivity contribution in [2.24, 2.45) is 17.4 Å². The van der Waals surface area contributed by atoms with Crippen molar-refractivity contribution in [3.05, 3.63) is 95.6 Å².